The van der Waals surface area contributed by atoms with Crippen LogP contribution in [0.1, 0.15) is 51.6 Å². The molecule has 1 aliphatic rings. The number of aromatic nitrogens is 7. The average Bonchev–Trinajstić information content (AvgIpc) is 3.48. The SMILES string of the molecule is CCC(CC)n1cc(-c2nc(-c3cnn([C@H]4C[C@H](CO)C4)c3)cn3nccc23)cn1. The minimum atomic E-state index is 0.260. The second-order valence-corrected chi connectivity index (χ2v) is 8.20. The van der Waals surface area contributed by atoms with Gasteiger partial charge < -0.3 is 5.11 Å². The lowest BCUT2D eigenvalue weighted by molar-refractivity contribution is 0.105. The number of aliphatic hydroxyl groups is 1. The van der Waals surface area contributed by atoms with Gasteiger partial charge in [0.2, 0.25) is 0 Å². The van der Waals surface area contributed by atoms with Crippen LogP contribution in [0.4, 0.5) is 0 Å². The fourth-order valence-electron chi connectivity index (χ4n) is 4.34. The molecule has 1 N–H and O–H groups in total. The van der Waals surface area contributed by atoms with Crippen LogP contribution in [0.15, 0.2) is 43.2 Å². The van der Waals surface area contributed by atoms with Crippen molar-refractivity contribution in [1.29, 1.82) is 0 Å². The lowest BCUT2D eigenvalue weighted by Crippen LogP contribution is -2.29. The van der Waals surface area contributed by atoms with Gasteiger partial charge in [0.15, 0.2) is 0 Å². The normalized spacial score (nSPS) is 18.9. The van der Waals surface area contributed by atoms with Gasteiger partial charge in [0.1, 0.15) is 0 Å². The molecular formula is C22H27N7O. The first-order valence-corrected chi connectivity index (χ1v) is 10.7. The van der Waals surface area contributed by atoms with E-state index in [0.29, 0.717) is 18.0 Å². The standard InChI is InChI=1S/C22H27N7O/c1-3-18(4-2)27-12-17(10-25-27)22-21-5-6-23-29(21)13-20(26-22)16-9-24-28(11-16)19-7-15(8-19)14-30/h5-6,9-13,15,18-19,30H,3-4,7-8,14H2,1-2H3/t15-,19-. The highest BCUT2D eigenvalue weighted by molar-refractivity contribution is 5.78. The summed E-state index contributed by atoms with van der Waals surface area (Å²) >= 11 is 0. The van der Waals surface area contributed by atoms with Crippen molar-refractivity contribution in [2.75, 3.05) is 6.61 Å². The van der Waals surface area contributed by atoms with Crippen molar-refractivity contribution in [2.24, 2.45) is 5.92 Å². The fourth-order valence-corrected chi connectivity index (χ4v) is 4.34. The lowest BCUT2D eigenvalue weighted by Gasteiger charge is -2.33. The Morgan fingerprint density at radius 1 is 1.03 bits per heavy atom. The second-order valence-electron chi connectivity index (χ2n) is 8.20. The van der Waals surface area contributed by atoms with Crippen molar-refractivity contribution in [3.05, 3.63) is 43.2 Å². The van der Waals surface area contributed by atoms with Crippen LogP contribution >= 0.6 is 0 Å². The Morgan fingerprint density at radius 3 is 2.60 bits per heavy atom. The monoisotopic (exact) mass is 405 g/mol. The zero-order valence-corrected chi connectivity index (χ0v) is 17.4. The van der Waals surface area contributed by atoms with Crippen molar-refractivity contribution in [3.8, 4) is 22.5 Å². The molecule has 0 spiro atoms. The van der Waals surface area contributed by atoms with E-state index in [-0.39, 0.29) is 6.61 Å². The molecule has 4 aromatic heterocycles. The van der Waals surface area contributed by atoms with E-state index in [1.165, 1.54) is 0 Å². The fraction of sp³-hybridized carbons (Fsp3) is 0.455. The second kappa shape index (κ2) is 7.68. The molecule has 156 valence electrons. The Morgan fingerprint density at radius 2 is 1.83 bits per heavy atom. The van der Waals surface area contributed by atoms with E-state index >= 15 is 0 Å². The maximum absolute atomic E-state index is 9.26. The van der Waals surface area contributed by atoms with Crippen LogP contribution in [0.5, 0.6) is 0 Å². The van der Waals surface area contributed by atoms with Crippen LogP contribution in [0.25, 0.3) is 28.0 Å². The summed E-state index contributed by atoms with van der Waals surface area (Å²) in [4.78, 5) is 4.98. The highest BCUT2D eigenvalue weighted by Crippen LogP contribution is 2.37. The molecule has 8 heteroatoms. The molecule has 0 aliphatic heterocycles. The largest absolute Gasteiger partial charge is 0.396 e. The first-order chi connectivity index (χ1) is 14.7. The van der Waals surface area contributed by atoms with Crippen molar-refractivity contribution in [1.82, 2.24) is 34.2 Å². The smallest absolute Gasteiger partial charge is 0.0999 e. The zero-order chi connectivity index (χ0) is 20.7. The van der Waals surface area contributed by atoms with E-state index in [2.05, 4.69) is 35.3 Å². The highest BCUT2D eigenvalue weighted by atomic mass is 16.3. The van der Waals surface area contributed by atoms with Gasteiger partial charge in [-0.05, 0) is 37.7 Å². The van der Waals surface area contributed by atoms with E-state index in [1.807, 2.05) is 44.7 Å². The number of hydrogen-bond acceptors (Lipinski definition) is 5. The molecule has 0 atom stereocenters. The molecule has 0 amide bonds. The van der Waals surface area contributed by atoms with E-state index in [9.17, 15) is 5.11 Å². The average molecular weight is 406 g/mol. The lowest BCUT2D eigenvalue weighted by atomic mass is 9.81. The summed E-state index contributed by atoms with van der Waals surface area (Å²) in [5, 5.41) is 22.9. The van der Waals surface area contributed by atoms with Gasteiger partial charge in [-0.15, -0.1) is 0 Å². The van der Waals surface area contributed by atoms with Crippen LogP contribution in [0.3, 0.4) is 0 Å². The van der Waals surface area contributed by atoms with E-state index in [4.69, 9.17) is 4.98 Å². The Balaban J connectivity index is 1.51. The van der Waals surface area contributed by atoms with Gasteiger partial charge in [-0.1, -0.05) is 13.8 Å². The summed E-state index contributed by atoms with van der Waals surface area (Å²) < 4.78 is 5.92. The van der Waals surface area contributed by atoms with Gasteiger partial charge in [0.25, 0.3) is 0 Å². The van der Waals surface area contributed by atoms with Gasteiger partial charge >= 0.3 is 0 Å². The van der Waals surface area contributed by atoms with Crippen LogP contribution in [0, 0.1) is 5.92 Å². The molecular weight excluding hydrogens is 378 g/mol. The van der Waals surface area contributed by atoms with Crippen molar-refractivity contribution in [3.63, 3.8) is 0 Å². The minimum Gasteiger partial charge on any atom is -0.396 e. The Hall–Kier alpha value is -3.00. The number of fused-ring (bicyclic) bond motifs is 1. The van der Waals surface area contributed by atoms with Crippen LogP contribution < -0.4 is 0 Å². The summed E-state index contributed by atoms with van der Waals surface area (Å²) in [5.74, 6) is 0.402. The first-order valence-electron chi connectivity index (χ1n) is 10.7. The predicted molar refractivity (Wildman–Crippen MR) is 114 cm³/mol. The summed E-state index contributed by atoms with van der Waals surface area (Å²) in [7, 11) is 0. The topological polar surface area (TPSA) is 86.1 Å². The molecule has 0 unspecified atom stereocenters. The minimum absolute atomic E-state index is 0.260. The summed E-state index contributed by atoms with van der Waals surface area (Å²) in [6, 6.07) is 2.74. The summed E-state index contributed by atoms with van der Waals surface area (Å²) in [5.41, 5.74) is 4.62. The van der Waals surface area contributed by atoms with Gasteiger partial charge in [-0.2, -0.15) is 15.3 Å². The maximum atomic E-state index is 9.26. The van der Waals surface area contributed by atoms with Gasteiger partial charge in [-0.3, -0.25) is 9.36 Å². The molecule has 30 heavy (non-hydrogen) atoms. The number of aliphatic hydroxyl groups excluding tert-OH is 1. The van der Waals surface area contributed by atoms with E-state index in [1.54, 1.807) is 6.20 Å². The van der Waals surface area contributed by atoms with Crippen molar-refractivity contribution in [2.45, 2.75) is 51.6 Å². The third kappa shape index (κ3) is 3.21. The Labute approximate surface area is 175 Å². The maximum Gasteiger partial charge on any atom is 0.0999 e. The quantitative estimate of drug-likeness (QED) is 0.506. The summed E-state index contributed by atoms with van der Waals surface area (Å²) in [6.07, 6.45) is 15.7. The number of hydrogen-bond donors (Lipinski definition) is 1. The van der Waals surface area contributed by atoms with Crippen LogP contribution in [-0.4, -0.2) is 45.9 Å². The van der Waals surface area contributed by atoms with Crippen LogP contribution in [0.2, 0.25) is 0 Å². The summed E-state index contributed by atoms with van der Waals surface area (Å²) in [6.45, 7) is 4.63. The Bertz CT molecular complexity index is 1150. The highest BCUT2D eigenvalue weighted by Gasteiger charge is 2.30. The van der Waals surface area contributed by atoms with E-state index < -0.39 is 0 Å². The van der Waals surface area contributed by atoms with Gasteiger partial charge in [-0.25, -0.2) is 9.50 Å². The number of nitrogens with zero attached hydrogens (tertiary/aromatic N) is 7. The Kier molecular flexibility index (Phi) is 4.86. The molecule has 1 fully saturated rings. The molecule has 0 aromatic carbocycles. The zero-order valence-electron chi connectivity index (χ0n) is 17.4. The molecule has 5 rings (SSSR count). The van der Waals surface area contributed by atoms with Gasteiger partial charge in [0, 0.05) is 30.1 Å². The van der Waals surface area contributed by atoms with Crippen LogP contribution in [-0.2, 0) is 0 Å². The number of rotatable bonds is 7. The molecule has 4 heterocycles. The molecule has 8 nitrogen and oxygen atoms in total. The van der Waals surface area contributed by atoms with E-state index in [0.717, 1.165) is 53.7 Å². The molecule has 4 aromatic rings. The molecule has 1 aliphatic carbocycles. The molecule has 0 bridgehead atoms. The van der Waals surface area contributed by atoms with Gasteiger partial charge in [0.05, 0.1) is 53.8 Å². The third-order valence-electron chi connectivity index (χ3n) is 6.32. The third-order valence-corrected chi connectivity index (χ3v) is 6.32. The molecule has 0 radical (unpaired) electrons. The first kappa shape index (κ1) is 19.0. The van der Waals surface area contributed by atoms with Crippen molar-refractivity contribution < 1.29 is 5.11 Å². The predicted octanol–water partition coefficient (Wildman–Crippen LogP) is 3.76. The molecule has 1 saturated carbocycles. The molecule has 0 saturated heterocycles. The van der Waals surface area contributed by atoms with Crippen molar-refractivity contribution >= 4 is 5.52 Å².